The van der Waals surface area contributed by atoms with Crippen LogP contribution >= 0.6 is 0 Å². The summed E-state index contributed by atoms with van der Waals surface area (Å²) in [5.41, 5.74) is 2.15. The summed E-state index contributed by atoms with van der Waals surface area (Å²) in [4.78, 5) is 14.0. The summed E-state index contributed by atoms with van der Waals surface area (Å²) in [5, 5.41) is 15.8. The Morgan fingerprint density at radius 1 is 1.12 bits per heavy atom. The van der Waals surface area contributed by atoms with E-state index in [0.29, 0.717) is 11.5 Å². The van der Waals surface area contributed by atoms with Crippen molar-refractivity contribution in [3.05, 3.63) is 42.4 Å². The van der Waals surface area contributed by atoms with Gasteiger partial charge in [0.1, 0.15) is 12.1 Å². The van der Waals surface area contributed by atoms with Crippen LogP contribution < -0.4 is 4.90 Å². The van der Waals surface area contributed by atoms with Crippen LogP contribution in [-0.2, 0) is 10.2 Å². The number of nitrogens with zero attached hydrogens (tertiary/aromatic N) is 7. The molecule has 1 aromatic carbocycles. The lowest BCUT2D eigenvalue weighted by Gasteiger charge is -2.44. The summed E-state index contributed by atoms with van der Waals surface area (Å²) >= 11 is 0. The van der Waals surface area contributed by atoms with E-state index in [2.05, 4.69) is 56.1 Å². The molecule has 8 heteroatoms. The van der Waals surface area contributed by atoms with Crippen molar-refractivity contribution in [2.45, 2.75) is 37.6 Å². The van der Waals surface area contributed by atoms with Crippen LogP contribution in [0.4, 0.5) is 5.82 Å². The maximum absolute atomic E-state index is 10.1. The van der Waals surface area contributed by atoms with Crippen molar-refractivity contribution in [2.75, 3.05) is 44.3 Å². The van der Waals surface area contributed by atoms with E-state index >= 15 is 0 Å². The fraction of sp³-hybridized carbons (Fsp3) is 0.538. The molecule has 1 spiro atoms. The van der Waals surface area contributed by atoms with Crippen molar-refractivity contribution in [1.29, 1.82) is 5.26 Å². The van der Waals surface area contributed by atoms with Crippen LogP contribution in [0.25, 0.3) is 16.7 Å². The second-order valence-corrected chi connectivity index (χ2v) is 10.8. The highest BCUT2D eigenvalue weighted by Crippen LogP contribution is 2.72. The molecule has 2 aliphatic carbocycles. The van der Waals surface area contributed by atoms with Crippen LogP contribution in [0.15, 0.2) is 36.8 Å². The summed E-state index contributed by atoms with van der Waals surface area (Å²) in [6, 6.07) is 11.5. The van der Waals surface area contributed by atoms with E-state index in [1.165, 1.54) is 6.42 Å². The maximum atomic E-state index is 10.1. The van der Waals surface area contributed by atoms with E-state index in [9.17, 15) is 5.26 Å². The third-order valence-corrected chi connectivity index (χ3v) is 8.86. The van der Waals surface area contributed by atoms with Crippen LogP contribution in [-0.4, -0.2) is 70.1 Å². The quantitative estimate of drug-likeness (QED) is 0.600. The van der Waals surface area contributed by atoms with E-state index in [0.717, 1.165) is 86.3 Å². The minimum atomic E-state index is -0.368. The van der Waals surface area contributed by atoms with Crippen LogP contribution in [0, 0.1) is 22.7 Å². The number of ether oxygens (including phenoxy) is 1. The Balaban J connectivity index is 1.20. The number of anilines is 1. The number of hydrogen-bond donors (Lipinski definition) is 0. The predicted octanol–water partition coefficient (Wildman–Crippen LogP) is 2.92. The Bertz CT molecular complexity index is 1300. The molecule has 0 bridgehead atoms. The predicted molar refractivity (Wildman–Crippen MR) is 128 cm³/mol. The molecule has 4 heterocycles. The molecule has 34 heavy (non-hydrogen) atoms. The minimum absolute atomic E-state index is 0.368. The highest BCUT2D eigenvalue weighted by atomic mass is 16.5. The smallest absolute Gasteiger partial charge is 0.159 e. The molecule has 8 nitrogen and oxygen atoms in total. The largest absolute Gasteiger partial charge is 0.378 e. The second kappa shape index (κ2) is 7.24. The Labute approximate surface area is 199 Å². The van der Waals surface area contributed by atoms with Gasteiger partial charge in [0.2, 0.25) is 0 Å². The van der Waals surface area contributed by atoms with Gasteiger partial charge in [-0.25, -0.2) is 14.6 Å². The second-order valence-electron chi connectivity index (χ2n) is 10.8. The Morgan fingerprint density at radius 3 is 2.79 bits per heavy atom. The SMILES string of the molecule is CC1CC12CC(C#N)(c1ccc3cnn(-c4cc(N5CCN6CCOC[C@@H]6C5)ncn4)c3c1)C2. The van der Waals surface area contributed by atoms with Crippen molar-refractivity contribution >= 4 is 16.7 Å². The lowest BCUT2D eigenvalue weighted by atomic mass is 9.56. The van der Waals surface area contributed by atoms with Gasteiger partial charge < -0.3 is 9.64 Å². The summed E-state index contributed by atoms with van der Waals surface area (Å²) in [6.45, 7) is 7.81. The molecule has 3 aromatic rings. The van der Waals surface area contributed by atoms with Crippen molar-refractivity contribution in [3.63, 3.8) is 0 Å². The standard InChI is InChI=1S/C26H29N7O/c1-18-10-25(18)14-26(15-25,16-27)20-3-2-19-11-30-33(22(19)8-20)24-9-23(28-17-29-24)32-5-4-31-6-7-34-13-21(31)12-32/h2-3,8-9,11,17-18,21H,4-7,10,12-15H2,1H3/t18?,21-,25?,26?/m0/s1. The first-order chi connectivity index (χ1) is 16.6. The molecule has 2 saturated heterocycles. The average molecular weight is 456 g/mol. The molecule has 2 aliphatic heterocycles. The van der Waals surface area contributed by atoms with Gasteiger partial charge in [-0.15, -0.1) is 0 Å². The Morgan fingerprint density at radius 2 is 1.97 bits per heavy atom. The number of morpholine rings is 1. The summed E-state index contributed by atoms with van der Waals surface area (Å²) in [5.74, 6) is 2.43. The fourth-order valence-corrected chi connectivity index (χ4v) is 6.62. The number of aromatic nitrogens is 4. The first kappa shape index (κ1) is 20.4. The highest BCUT2D eigenvalue weighted by Gasteiger charge is 2.66. The number of rotatable bonds is 3. The van der Waals surface area contributed by atoms with E-state index in [4.69, 9.17) is 4.74 Å². The molecular weight excluding hydrogens is 426 g/mol. The molecule has 4 fully saturated rings. The van der Waals surface area contributed by atoms with Gasteiger partial charge in [-0.05, 0) is 42.2 Å². The van der Waals surface area contributed by atoms with Crippen molar-refractivity contribution in [3.8, 4) is 11.9 Å². The normalized spacial score (nSPS) is 32.9. The van der Waals surface area contributed by atoms with Crippen molar-refractivity contribution in [1.82, 2.24) is 24.6 Å². The van der Waals surface area contributed by atoms with Gasteiger partial charge in [0.05, 0.1) is 42.5 Å². The average Bonchev–Trinajstić information content (AvgIpc) is 3.33. The summed E-state index contributed by atoms with van der Waals surface area (Å²) in [6.07, 6.45) is 6.73. The number of fused-ring (bicyclic) bond motifs is 2. The topological polar surface area (TPSA) is 83.1 Å². The third kappa shape index (κ3) is 3.00. The zero-order valence-corrected chi connectivity index (χ0v) is 19.5. The number of hydrogen-bond acceptors (Lipinski definition) is 7. The zero-order chi connectivity index (χ0) is 22.9. The molecule has 0 N–H and O–H groups in total. The molecule has 4 aliphatic rings. The van der Waals surface area contributed by atoms with Gasteiger partial charge in [-0.1, -0.05) is 19.1 Å². The Kier molecular flexibility index (Phi) is 4.33. The van der Waals surface area contributed by atoms with Gasteiger partial charge in [-0.2, -0.15) is 10.4 Å². The van der Waals surface area contributed by atoms with Crippen LogP contribution in [0.5, 0.6) is 0 Å². The first-order valence-corrected chi connectivity index (χ1v) is 12.4. The lowest BCUT2D eigenvalue weighted by Crippen LogP contribution is -2.58. The van der Waals surface area contributed by atoms with Gasteiger partial charge >= 0.3 is 0 Å². The summed E-state index contributed by atoms with van der Waals surface area (Å²) in [7, 11) is 0. The molecule has 0 radical (unpaired) electrons. The molecule has 1 unspecified atom stereocenters. The highest BCUT2D eigenvalue weighted by molar-refractivity contribution is 5.81. The minimum Gasteiger partial charge on any atom is -0.378 e. The summed E-state index contributed by atoms with van der Waals surface area (Å²) < 4.78 is 7.59. The van der Waals surface area contributed by atoms with Gasteiger partial charge in [-0.3, -0.25) is 4.90 Å². The number of piperazine rings is 1. The number of benzene rings is 1. The van der Waals surface area contributed by atoms with Gasteiger partial charge in [0.15, 0.2) is 5.82 Å². The molecule has 2 atom stereocenters. The first-order valence-electron chi connectivity index (χ1n) is 12.4. The lowest BCUT2D eigenvalue weighted by molar-refractivity contribution is -0.0117. The van der Waals surface area contributed by atoms with E-state index in [1.807, 2.05) is 16.9 Å². The molecule has 0 amide bonds. The molecule has 174 valence electrons. The fourth-order valence-electron chi connectivity index (χ4n) is 6.62. The van der Waals surface area contributed by atoms with Crippen molar-refractivity contribution in [2.24, 2.45) is 11.3 Å². The van der Waals surface area contributed by atoms with E-state index in [1.54, 1.807) is 6.33 Å². The van der Waals surface area contributed by atoms with Crippen molar-refractivity contribution < 1.29 is 4.74 Å². The number of nitriles is 1. The van der Waals surface area contributed by atoms with Gasteiger partial charge in [0.25, 0.3) is 0 Å². The third-order valence-electron chi connectivity index (χ3n) is 8.86. The van der Waals surface area contributed by atoms with E-state index < -0.39 is 0 Å². The maximum Gasteiger partial charge on any atom is 0.159 e. The molecule has 2 saturated carbocycles. The molecule has 2 aromatic heterocycles. The molecular formula is C26H29N7O. The van der Waals surface area contributed by atoms with Crippen LogP contribution in [0.3, 0.4) is 0 Å². The monoisotopic (exact) mass is 455 g/mol. The van der Waals surface area contributed by atoms with Crippen LogP contribution in [0.1, 0.15) is 31.7 Å². The molecule has 7 rings (SSSR count). The van der Waals surface area contributed by atoms with Gasteiger partial charge in [0, 0.05) is 37.6 Å². The van der Waals surface area contributed by atoms with Crippen LogP contribution in [0.2, 0.25) is 0 Å². The zero-order valence-electron chi connectivity index (χ0n) is 19.5. The Hall–Kier alpha value is -3.02. The van der Waals surface area contributed by atoms with E-state index in [-0.39, 0.29) is 5.41 Å².